The number of rotatable bonds is 5. The van der Waals surface area contributed by atoms with Crippen molar-refractivity contribution in [3.8, 4) is 0 Å². The summed E-state index contributed by atoms with van der Waals surface area (Å²) < 4.78 is 0. The number of nitrogens with two attached hydrogens (primary N) is 1. The minimum atomic E-state index is -0.226. The molecule has 82 valence electrons. The predicted octanol–water partition coefficient (Wildman–Crippen LogP) is -0.0659. The average molecular weight is 199 g/mol. The molecule has 4 nitrogen and oxygen atoms in total. The van der Waals surface area contributed by atoms with E-state index < -0.39 is 0 Å². The summed E-state index contributed by atoms with van der Waals surface area (Å²) in [5, 5.41) is 3.36. The van der Waals surface area contributed by atoms with Gasteiger partial charge < -0.3 is 11.1 Å². The van der Waals surface area contributed by atoms with Gasteiger partial charge in [0.25, 0.3) is 0 Å². The third-order valence-electron chi connectivity index (χ3n) is 2.75. The lowest BCUT2D eigenvalue weighted by molar-refractivity contribution is -0.117. The van der Waals surface area contributed by atoms with Crippen LogP contribution in [0.4, 0.5) is 0 Å². The van der Waals surface area contributed by atoms with Gasteiger partial charge in [-0.1, -0.05) is 0 Å². The van der Waals surface area contributed by atoms with E-state index in [2.05, 4.69) is 24.1 Å². The standard InChI is InChI=1S/C10H21N3O/c1-8(2)13-6-4-9(7-13)12-5-3-10(11)14/h8-9,12H,3-7H2,1-2H3,(H2,11,14). The number of amides is 1. The van der Waals surface area contributed by atoms with E-state index in [1.807, 2.05) is 0 Å². The lowest BCUT2D eigenvalue weighted by Crippen LogP contribution is -2.36. The summed E-state index contributed by atoms with van der Waals surface area (Å²) in [5.74, 6) is -0.226. The zero-order valence-electron chi connectivity index (χ0n) is 9.12. The van der Waals surface area contributed by atoms with Crippen LogP contribution >= 0.6 is 0 Å². The molecule has 1 aliphatic heterocycles. The molecule has 0 spiro atoms. The van der Waals surface area contributed by atoms with Crippen LogP contribution in [0.2, 0.25) is 0 Å². The quantitative estimate of drug-likeness (QED) is 0.652. The number of carbonyl (C=O) groups is 1. The monoisotopic (exact) mass is 199 g/mol. The Kier molecular flexibility index (Phi) is 4.35. The molecule has 1 atom stereocenters. The van der Waals surface area contributed by atoms with E-state index in [9.17, 15) is 4.79 Å². The van der Waals surface area contributed by atoms with Crippen molar-refractivity contribution in [1.29, 1.82) is 0 Å². The maximum absolute atomic E-state index is 10.5. The number of nitrogens with one attached hydrogen (secondary N) is 1. The van der Waals surface area contributed by atoms with Gasteiger partial charge in [-0.05, 0) is 26.8 Å². The first-order valence-electron chi connectivity index (χ1n) is 5.35. The fraction of sp³-hybridized carbons (Fsp3) is 0.900. The first-order valence-corrected chi connectivity index (χ1v) is 5.35. The van der Waals surface area contributed by atoms with Gasteiger partial charge in [0.15, 0.2) is 0 Å². The minimum absolute atomic E-state index is 0.226. The topological polar surface area (TPSA) is 58.4 Å². The molecular formula is C10H21N3O. The molecule has 0 aromatic carbocycles. The smallest absolute Gasteiger partial charge is 0.218 e. The lowest BCUT2D eigenvalue weighted by atomic mass is 10.2. The van der Waals surface area contributed by atoms with Crippen LogP contribution in [-0.4, -0.2) is 42.5 Å². The molecule has 1 aliphatic rings. The number of hydrogen-bond acceptors (Lipinski definition) is 3. The molecule has 1 unspecified atom stereocenters. The van der Waals surface area contributed by atoms with E-state index in [0.717, 1.165) is 13.1 Å². The zero-order valence-corrected chi connectivity index (χ0v) is 9.12. The van der Waals surface area contributed by atoms with Crippen molar-refractivity contribution < 1.29 is 4.79 Å². The van der Waals surface area contributed by atoms with Crippen LogP contribution in [0.3, 0.4) is 0 Å². The Hall–Kier alpha value is -0.610. The lowest BCUT2D eigenvalue weighted by Gasteiger charge is -2.20. The summed E-state index contributed by atoms with van der Waals surface area (Å²) in [6.07, 6.45) is 1.62. The Morgan fingerprint density at radius 2 is 2.36 bits per heavy atom. The normalized spacial score (nSPS) is 23.2. The van der Waals surface area contributed by atoms with Gasteiger partial charge in [0.05, 0.1) is 0 Å². The molecule has 0 saturated carbocycles. The third-order valence-corrected chi connectivity index (χ3v) is 2.75. The summed E-state index contributed by atoms with van der Waals surface area (Å²) in [6, 6.07) is 1.16. The van der Waals surface area contributed by atoms with Crippen LogP contribution in [0.25, 0.3) is 0 Å². The molecular weight excluding hydrogens is 178 g/mol. The summed E-state index contributed by atoms with van der Waals surface area (Å²) in [4.78, 5) is 13.0. The largest absolute Gasteiger partial charge is 0.370 e. The van der Waals surface area contributed by atoms with Gasteiger partial charge in [-0.3, -0.25) is 9.69 Å². The highest BCUT2D eigenvalue weighted by Gasteiger charge is 2.23. The Morgan fingerprint density at radius 1 is 1.64 bits per heavy atom. The molecule has 0 aromatic heterocycles. The highest BCUT2D eigenvalue weighted by atomic mass is 16.1. The van der Waals surface area contributed by atoms with Gasteiger partial charge in [0.1, 0.15) is 0 Å². The second kappa shape index (κ2) is 5.32. The maximum atomic E-state index is 10.5. The Bertz CT molecular complexity index is 194. The molecule has 3 N–H and O–H groups in total. The molecule has 1 saturated heterocycles. The molecule has 1 heterocycles. The molecule has 14 heavy (non-hydrogen) atoms. The van der Waals surface area contributed by atoms with Crippen molar-refractivity contribution in [2.75, 3.05) is 19.6 Å². The second-order valence-corrected chi connectivity index (χ2v) is 4.24. The minimum Gasteiger partial charge on any atom is -0.370 e. The fourth-order valence-corrected chi connectivity index (χ4v) is 1.82. The Balaban J connectivity index is 2.13. The number of carbonyl (C=O) groups excluding carboxylic acids is 1. The molecule has 0 bridgehead atoms. The molecule has 0 radical (unpaired) electrons. The summed E-state index contributed by atoms with van der Waals surface area (Å²) >= 11 is 0. The van der Waals surface area contributed by atoms with Gasteiger partial charge in [-0.25, -0.2) is 0 Å². The van der Waals surface area contributed by atoms with Crippen molar-refractivity contribution in [1.82, 2.24) is 10.2 Å². The van der Waals surface area contributed by atoms with Gasteiger partial charge in [0, 0.05) is 31.6 Å². The van der Waals surface area contributed by atoms with Crippen molar-refractivity contribution in [3.63, 3.8) is 0 Å². The number of hydrogen-bond donors (Lipinski definition) is 2. The van der Waals surface area contributed by atoms with Crippen LogP contribution in [0.15, 0.2) is 0 Å². The van der Waals surface area contributed by atoms with E-state index in [1.165, 1.54) is 6.42 Å². The van der Waals surface area contributed by atoms with Crippen LogP contribution in [0.5, 0.6) is 0 Å². The van der Waals surface area contributed by atoms with Gasteiger partial charge in [-0.2, -0.15) is 0 Å². The van der Waals surface area contributed by atoms with Crippen LogP contribution in [0.1, 0.15) is 26.7 Å². The molecule has 4 heteroatoms. The van der Waals surface area contributed by atoms with Crippen molar-refractivity contribution in [2.24, 2.45) is 5.73 Å². The third kappa shape index (κ3) is 3.64. The van der Waals surface area contributed by atoms with Crippen molar-refractivity contribution in [3.05, 3.63) is 0 Å². The molecule has 0 aromatic rings. The molecule has 0 aliphatic carbocycles. The summed E-state index contributed by atoms with van der Waals surface area (Å²) in [5.41, 5.74) is 5.06. The van der Waals surface area contributed by atoms with E-state index in [-0.39, 0.29) is 5.91 Å². The fourth-order valence-electron chi connectivity index (χ4n) is 1.82. The first-order chi connectivity index (χ1) is 6.59. The van der Waals surface area contributed by atoms with E-state index >= 15 is 0 Å². The summed E-state index contributed by atoms with van der Waals surface area (Å²) in [6.45, 7) is 7.39. The molecule has 1 fully saturated rings. The second-order valence-electron chi connectivity index (χ2n) is 4.24. The average Bonchev–Trinajstić information content (AvgIpc) is 2.52. The first kappa shape index (κ1) is 11.5. The molecule has 1 rings (SSSR count). The van der Waals surface area contributed by atoms with Gasteiger partial charge in [-0.15, -0.1) is 0 Å². The molecule has 1 amide bonds. The Morgan fingerprint density at radius 3 is 2.86 bits per heavy atom. The summed E-state index contributed by atoms with van der Waals surface area (Å²) in [7, 11) is 0. The van der Waals surface area contributed by atoms with Crippen molar-refractivity contribution >= 4 is 5.91 Å². The number of primary amides is 1. The van der Waals surface area contributed by atoms with E-state index in [1.54, 1.807) is 0 Å². The van der Waals surface area contributed by atoms with Gasteiger partial charge in [0.2, 0.25) is 5.91 Å². The van der Waals surface area contributed by atoms with Gasteiger partial charge >= 0.3 is 0 Å². The number of likely N-dealkylation sites (tertiary alicyclic amines) is 1. The SMILES string of the molecule is CC(C)N1CCC(NCCC(N)=O)C1. The van der Waals surface area contributed by atoms with E-state index in [4.69, 9.17) is 5.73 Å². The highest BCUT2D eigenvalue weighted by molar-refractivity contribution is 5.73. The van der Waals surface area contributed by atoms with Crippen LogP contribution in [-0.2, 0) is 4.79 Å². The van der Waals surface area contributed by atoms with Crippen molar-refractivity contribution in [2.45, 2.75) is 38.8 Å². The van der Waals surface area contributed by atoms with Crippen LogP contribution in [0, 0.1) is 0 Å². The zero-order chi connectivity index (χ0) is 10.6. The predicted molar refractivity (Wildman–Crippen MR) is 56.9 cm³/mol. The highest BCUT2D eigenvalue weighted by Crippen LogP contribution is 2.11. The van der Waals surface area contributed by atoms with E-state index in [0.29, 0.717) is 25.0 Å². The van der Waals surface area contributed by atoms with Crippen LogP contribution < -0.4 is 11.1 Å². The number of nitrogens with zero attached hydrogens (tertiary/aromatic N) is 1. The maximum Gasteiger partial charge on any atom is 0.218 e. The Labute approximate surface area is 85.8 Å².